The van der Waals surface area contributed by atoms with Crippen LogP contribution in [0.2, 0.25) is 0 Å². The molecule has 0 saturated heterocycles. The summed E-state index contributed by atoms with van der Waals surface area (Å²) in [6.07, 6.45) is 6.10. The molecule has 12 heavy (non-hydrogen) atoms. The van der Waals surface area contributed by atoms with Crippen molar-refractivity contribution in [3.63, 3.8) is 0 Å². The highest BCUT2D eigenvalue weighted by Gasteiger charge is 2.15. The third kappa shape index (κ3) is 2.69. The van der Waals surface area contributed by atoms with Gasteiger partial charge in [-0.15, -0.1) is 13.2 Å². The number of rotatable bonds is 0. The van der Waals surface area contributed by atoms with E-state index >= 15 is 0 Å². The third-order valence-electron chi connectivity index (χ3n) is 2.37. The van der Waals surface area contributed by atoms with Crippen molar-refractivity contribution in [2.75, 3.05) is 0 Å². The fourth-order valence-electron chi connectivity index (χ4n) is 1.76. The highest BCUT2D eigenvalue weighted by atomic mass is 14.2. The highest BCUT2D eigenvalue weighted by molar-refractivity contribution is 5.31. The largest absolute Gasteiger partial charge is 0.106 e. The van der Waals surface area contributed by atoms with Crippen LogP contribution >= 0.6 is 0 Å². The molecule has 1 rings (SSSR count). The Morgan fingerprint density at radius 1 is 1.42 bits per heavy atom. The fraction of sp³-hybridized carbons (Fsp3) is 0.500. The van der Waals surface area contributed by atoms with Gasteiger partial charge in [0.05, 0.1) is 0 Å². The van der Waals surface area contributed by atoms with Gasteiger partial charge in [-0.25, -0.2) is 0 Å². The summed E-state index contributed by atoms with van der Waals surface area (Å²) in [6.45, 7) is 14.5. The summed E-state index contributed by atoms with van der Waals surface area (Å²) in [6, 6.07) is 0. The Bertz CT molecular complexity index is 174. The molecule has 0 heterocycles. The van der Waals surface area contributed by atoms with Crippen LogP contribution < -0.4 is 0 Å². The van der Waals surface area contributed by atoms with Gasteiger partial charge in [-0.05, 0) is 37.7 Å². The Hall–Kier alpha value is -0.780. The van der Waals surface area contributed by atoms with Crippen LogP contribution in [0.15, 0.2) is 37.0 Å². The van der Waals surface area contributed by atoms with Crippen molar-refractivity contribution in [2.24, 2.45) is 5.92 Å². The SMILES string of the molecule is C=C.C=C1CCCC(C)/C1=C/C. The van der Waals surface area contributed by atoms with Crippen molar-refractivity contribution in [2.45, 2.75) is 33.1 Å². The lowest BCUT2D eigenvalue weighted by Gasteiger charge is -2.23. The molecule has 0 aromatic rings. The van der Waals surface area contributed by atoms with Crippen LogP contribution in [0.4, 0.5) is 0 Å². The average molecular weight is 164 g/mol. The molecule has 0 N–H and O–H groups in total. The smallest absolute Gasteiger partial charge is 0.0191 e. The Labute approximate surface area is 76.7 Å². The Morgan fingerprint density at radius 3 is 2.33 bits per heavy atom. The molecule has 0 radical (unpaired) electrons. The summed E-state index contributed by atoms with van der Waals surface area (Å²) < 4.78 is 0. The van der Waals surface area contributed by atoms with E-state index in [2.05, 4.69) is 39.7 Å². The van der Waals surface area contributed by atoms with Crippen LogP contribution in [0.1, 0.15) is 33.1 Å². The van der Waals surface area contributed by atoms with Crippen molar-refractivity contribution in [3.05, 3.63) is 37.0 Å². The van der Waals surface area contributed by atoms with Gasteiger partial charge in [-0.1, -0.05) is 25.2 Å². The predicted molar refractivity (Wildman–Crippen MR) is 57.2 cm³/mol. The van der Waals surface area contributed by atoms with Crippen molar-refractivity contribution in [1.82, 2.24) is 0 Å². The molecule has 0 spiro atoms. The number of hydrogen-bond donors (Lipinski definition) is 0. The summed E-state index contributed by atoms with van der Waals surface area (Å²) in [4.78, 5) is 0. The minimum atomic E-state index is 0.756. The van der Waals surface area contributed by atoms with E-state index in [4.69, 9.17) is 0 Å². The molecular formula is C12H20. The van der Waals surface area contributed by atoms with Gasteiger partial charge in [0.2, 0.25) is 0 Å². The van der Waals surface area contributed by atoms with Crippen molar-refractivity contribution >= 4 is 0 Å². The lowest BCUT2D eigenvalue weighted by molar-refractivity contribution is 0.540. The van der Waals surface area contributed by atoms with Crippen LogP contribution in [-0.2, 0) is 0 Å². The third-order valence-corrected chi connectivity index (χ3v) is 2.37. The maximum atomic E-state index is 4.05. The maximum Gasteiger partial charge on any atom is -0.0191 e. The molecule has 1 atom stereocenters. The van der Waals surface area contributed by atoms with Crippen molar-refractivity contribution in [1.29, 1.82) is 0 Å². The topological polar surface area (TPSA) is 0 Å². The monoisotopic (exact) mass is 164 g/mol. The zero-order valence-corrected chi connectivity index (χ0v) is 8.40. The Kier molecular flexibility index (Phi) is 5.44. The van der Waals surface area contributed by atoms with Gasteiger partial charge in [0.25, 0.3) is 0 Å². The number of allylic oxidation sites excluding steroid dienone is 3. The van der Waals surface area contributed by atoms with E-state index in [1.165, 1.54) is 30.4 Å². The molecule has 0 bridgehead atoms. The first kappa shape index (κ1) is 11.2. The quantitative estimate of drug-likeness (QED) is 0.473. The molecule has 0 aliphatic heterocycles. The van der Waals surface area contributed by atoms with E-state index in [1.54, 1.807) is 0 Å². The van der Waals surface area contributed by atoms with Gasteiger partial charge in [-0.2, -0.15) is 0 Å². The Balaban J connectivity index is 0.000000561. The van der Waals surface area contributed by atoms with E-state index in [1.807, 2.05) is 0 Å². The predicted octanol–water partition coefficient (Wildman–Crippen LogP) is 4.11. The molecule has 0 nitrogen and oxygen atoms in total. The second-order valence-electron chi connectivity index (χ2n) is 3.14. The molecule has 1 saturated carbocycles. The summed E-state index contributed by atoms with van der Waals surface area (Å²) in [5.41, 5.74) is 2.85. The molecular weight excluding hydrogens is 144 g/mol. The minimum absolute atomic E-state index is 0.756. The maximum absolute atomic E-state index is 4.05. The Morgan fingerprint density at radius 2 is 2.00 bits per heavy atom. The molecule has 1 unspecified atom stereocenters. The summed E-state index contributed by atoms with van der Waals surface area (Å²) in [5, 5.41) is 0. The molecule has 0 heteroatoms. The fourth-order valence-corrected chi connectivity index (χ4v) is 1.76. The molecule has 0 aromatic carbocycles. The van der Waals surface area contributed by atoms with Gasteiger partial charge in [0.15, 0.2) is 0 Å². The van der Waals surface area contributed by atoms with E-state index < -0.39 is 0 Å². The van der Waals surface area contributed by atoms with Crippen LogP contribution in [0, 0.1) is 5.92 Å². The zero-order chi connectivity index (χ0) is 9.56. The lowest BCUT2D eigenvalue weighted by atomic mass is 9.82. The van der Waals surface area contributed by atoms with E-state index in [0.29, 0.717) is 0 Å². The van der Waals surface area contributed by atoms with Gasteiger partial charge < -0.3 is 0 Å². The second kappa shape index (κ2) is 5.82. The molecule has 1 aliphatic rings. The summed E-state index contributed by atoms with van der Waals surface area (Å²) >= 11 is 0. The standard InChI is InChI=1S/C10H16.C2H4/c1-4-10-8(2)6-5-7-9(10)3;1-2/h4,9H,2,5-7H2,1,3H3;1-2H2/b10-4+;. The average Bonchev–Trinajstić information content (AvgIpc) is 2.08. The van der Waals surface area contributed by atoms with E-state index in [9.17, 15) is 0 Å². The van der Waals surface area contributed by atoms with Gasteiger partial charge >= 0.3 is 0 Å². The van der Waals surface area contributed by atoms with Crippen LogP contribution in [0.3, 0.4) is 0 Å². The molecule has 0 aromatic heterocycles. The lowest BCUT2D eigenvalue weighted by Crippen LogP contribution is -2.07. The van der Waals surface area contributed by atoms with Crippen LogP contribution in [0.25, 0.3) is 0 Å². The molecule has 68 valence electrons. The zero-order valence-electron chi connectivity index (χ0n) is 8.40. The van der Waals surface area contributed by atoms with Gasteiger partial charge in [0, 0.05) is 0 Å². The van der Waals surface area contributed by atoms with Crippen molar-refractivity contribution < 1.29 is 0 Å². The summed E-state index contributed by atoms with van der Waals surface area (Å²) in [7, 11) is 0. The first-order valence-electron chi connectivity index (χ1n) is 4.60. The first-order chi connectivity index (χ1) is 5.75. The number of hydrogen-bond acceptors (Lipinski definition) is 0. The normalized spacial score (nSPS) is 26.3. The van der Waals surface area contributed by atoms with Gasteiger partial charge in [-0.3, -0.25) is 0 Å². The second-order valence-corrected chi connectivity index (χ2v) is 3.14. The molecule has 1 aliphatic carbocycles. The first-order valence-corrected chi connectivity index (χ1v) is 4.60. The highest BCUT2D eigenvalue weighted by Crippen LogP contribution is 2.31. The van der Waals surface area contributed by atoms with Crippen molar-refractivity contribution in [3.8, 4) is 0 Å². The van der Waals surface area contributed by atoms with Crippen LogP contribution in [0.5, 0.6) is 0 Å². The molecule has 0 amide bonds. The molecule has 1 fully saturated rings. The minimum Gasteiger partial charge on any atom is -0.106 e. The van der Waals surface area contributed by atoms with Gasteiger partial charge in [0.1, 0.15) is 0 Å². The van der Waals surface area contributed by atoms with Crippen LogP contribution in [-0.4, -0.2) is 0 Å². The van der Waals surface area contributed by atoms with E-state index in [-0.39, 0.29) is 0 Å². The summed E-state index contributed by atoms with van der Waals surface area (Å²) in [5.74, 6) is 0.756. The van der Waals surface area contributed by atoms with E-state index in [0.717, 1.165) is 5.92 Å².